The molecule has 5 atom stereocenters. The maximum atomic E-state index is 15.0. The second kappa shape index (κ2) is 9.72. The lowest BCUT2D eigenvalue weighted by atomic mass is 10.1. The molecule has 1 saturated carbocycles. The zero-order valence-electron chi connectivity index (χ0n) is 18.1. The predicted octanol–water partition coefficient (Wildman–Crippen LogP) is 2.24. The van der Waals surface area contributed by atoms with Gasteiger partial charge in [0.2, 0.25) is 5.28 Å². The normalized spacial score (nSPS) is 28.0. The first kappa shape index (κ1) is 25.9. The van der Waals surface area contributed by atoms with Gasteiger partial charge >= 0.3 is 15.2 Å². The minimum absolute atomic E-state index is 0.0581. The number of ether oxygens (including phenoxy) is 1. The van der Waals surface area contributed by atoms with Gasteiger partial charge in [-0.25, -0.2) is 8.91 Å². The first-order valence-corrected chi connectivity index (χ1v) is 14.6. The summed E-state index contributed by atoms with van der Waals surface area (Å²) in [5, 5.41) is 14.4. The molecule has 190 valence electrons. The van der Waals surface area contributed by atoms with Crippen LogP contribution >= 0.6 is 26.8 Å². The molecule has 0 radical (unpaired) electrons. The molecule has 1 unspecified atom stereocenters. The summed E-state index contributed by atoms with van der Waals surface area (Å²) < 4.78 is 49.6. The molecule has 16 heteroatoms. The second-order valence-electron chi connectivity index (χ2n) is 8.58. The Kier molecular flexibility index (Phi) is 7.42. The van der Waals surface area contributed by atoms with Gasteiger partial charge in [0, 0.05) is 13.1 Å². The van der Waals surface area contributed by atoms with Gasteiger partial charge in [-0.3, -0.25) is 9.13 Å². The first-order valence-electron chi connectivity index (χ1n) is 10.6. The number of rotatable bonds is 8. The Bertz CT molecular complexity index is 1140. The second-order valence-corrected chi connectivity index (χ2v) is 12.9. The standard InChI is InChI=1S/C18H26ClFN4O8P2/c1-23(10-4-2-3-5-10)17-12-7-6-11(24(12)22-18(19)21-17)16-14(20)15(25)13(32-16)8-31-34(29,30)9-33(26,27)28/h6-7,10,13-16,25H,2-5,8-9H2,1H3,(H,29,30)(H2,26,27,28)/t13-,14+,15-,16+/m1/s1. The highest BCUT2D eigenvalue weighted by Crippen LogP contribution is 2.55. The van der Waals surface area contributed by atoms with E-state index in [-0.39, 0.29) is 17.0 Å². The number of nitrogens with zero attached hydrogens (tertiary/aromatic N) is 4. The van der Waals surface area contributed by atoms with Crippen LogP contribution in [0.2, 0.25) is 5.28 Å². The summed E-state index contributed by atoms with van der Waals surface area (Å²) in [6, 6.07) is 3.56. The third kappa shape index (κ3) is 5.48. The van der Waals surface area contributed by atoms with Crippen LogP contribution in [0.5, 0.6) is 0 Å². The van der Waals surface area contributed by atoms with Crippen molar-refractivity contribution in [1.82, 2.24) is 14.6 Å². The molecule has 4 rings (SSSR count). The molecule has 34 heavy (non-hydrogen) atoms. The summed E-state index contributed by atoms with van der Waals surface area (Å²) in [6.07, 6.45) is -2.05. The summed E-state index contributed by atoms with van der Waals surface area (Å²) in [5.41, 5.74) is 0.817. The van der Waals surface area contributed by atoms with Crippen molar-refractivity contribution in [3.8, 4) is 0 Å². The Hall–Kier alpha value is -1.14. The van der Waals surface area contributed by atoms with Gasteiger partial charge in [0.25, 0.3) is 0 Å². The van der Waals surface area contributed by atoms with E-state index >= 15 is 4.39 Å². The fourth-order valence-corrected chi connectivity index (χ4v) is 7.20. The summed E-state index contributed by atoms with van der Waals surface area (Å²) in [6.45, 7) is -0.749. The topological polar surface area (TPSA) is 167 Å². The largest absolute Gasteiger partial charge is 0.387 e. The minimum Gasteiger partial charge on any atom is -0.387 e. The molecule has 2 aromatic rings. The van der Waals surface area contributed by atoms with Gasteiger partial charge in [0.1, 0.15) is 23.8 Å². The van der Waals surface area contributed by atoms with Gasteiger partial charge in [0.05, 0.1) is 12.3 Å². The Labute approximate surface area is 199 Å². The maximum absolute atomic E-state index is 15.0. The van der Waals surface area contributed by atoms with E-state index in [4.69, 9.17) is 30.6 Å². The minimum atomic E-state index is -4.83. The average molecular weight is 543 g/mol. The van der Waals surface area contributed by atoms with Crippen LogP contribution in [-0.4, -0.2) is 78.4 Å². The zero-order chi connectivity index (χ0) is 24.8. The van der Waals surface area contributed by atoms with E-state index in [1.807, 2.05) is 11.9 Å². The van der Waals surface area contributed by atoms with Gasteiger partial charge in [-0.2, -0.15) is 4.98 Å². The highest BCUT2D eigenvalue weighted by molar-refractivity contribution is 7.70. The van der Waals surface area contributed by atoms with Crippen LogP contribution in [0, 0.1) is 0 Å². The molecule has 3 heterocycles. The number of halogens is 2. The Balaban J connectivity index is 1.56. The van der Waals surface area contributed by atoms with E-state index in [1.165, 1.54) is 4.52 Å². The third-order valence-electron chi connectivity index (χ3n) is 6.11. The smallest absolute Gasteiger partial charge is 0.340 e. The van der Waals surface area contributed by atoms with Crippen LogP contribution < -0.4 is 4.90 Å². The van der Waals surface area contributed by atoms with Crippen molar-refractivity contribution in [3.63, 3.8) is 0 Å². The van der Waals surface area contributed by atoms with Gasteiger partial charge < -0.3 is 33.9 Å². The number of hydrogen-bond donors (Lipinski definition) is 4. The number of alkyl halides is 1. The fourth-order valence-electron chi connectivity index (χ4n) is 4.48. The summed E-state index contributed by atoms with van der Waals surface area (Å²) in [5.74, 6) is -0.827. The van der Waals surface area contributed by atoms with Crippen LogP contribution in [0.4, 0.5) is 10.2 Å². The average Bonchev–Trinajstić information content (AvgIpc) is 3.45. The van der Waals surface area contributed by atoms with Crippen molar-refractivity contribution in [2.24, 2.45) is 0 Å². The molecule has 1 saturated heterocycles. The Morgan fingerprint density at radius 1 is 1.29 bits per heavy atom. The maximum Gasteiger partial charge on any atom is 0.340 e. The van der Waals surface area contributed by atoms with Crippen LogP contribution in [0.1, 0.15) is 37.5 Å². The quantitative estimate of drug-likeness (QED) is 0.361. The van der Waals surface area contributed by atoms with E-state index in [2.05, 4.69) is 10.1 Å². The van der Waals surface area contributed by atoms with Crippen LogP contribution in [0.25, 0.3) is 5.52 Å². The van der Waals surface area contributed by atoms with E-state index in [0.717, 1.165) is 25.7 Å². The Morgan fingerprint density at radius 2 is 1.97 bits per heavy atom. The fraction of sp³-hybridized carbons (Fsp3) is 0.667. The monoisotopic (exact) mass is 542 g/mol. The van der Waals surface area contributed by atoms with Crippen molar-refractivity contribution in [1.29, 1.82) is 0 Å². The third-order valence-corrected chi connectivity index (χ3v) is 9.73. The predicted molar refractivity (Wildman–Crippen MR) is 120 cm³/mol. The van der Waals surface area contributed by atoms with Gasteiger partial charge in [-0.1, -0.05) is 12.8 Å². The van der Waals surface area contributed by atoms with Crippen LogP contribution in [0.3, 0.4) is 0 Å². The summed E-state index contributed by atoms with van der Waals surface area (Å²) in [7, 11) is -7.61. The van der Waals surface area contributed by atoms with Crippen molar-refractivity contribution in [2.75, 3.05) is 24.5 Å². The number of hydrogen-bond acceptors (Lipinski definition) is 8. The van der Waals surface area contributed by atoms with E-state index < -0.39 is 52.2 Å². The molecule has 0 bridgehead atoms. The van der Waals surface area contributed by atoms with Crippen LogP contribution in [-0.2, 0) is 18.4 Å². The van der Waals surface area contributed by atoms with E-state index in [1.54, 1.807) is 12.1 Å². The van der Waals surface area contributed by atoms with Crippen molar-refractivity contribution in [3.05, 3.63) is 23.1 Å². The van der Waals surface area contributed by atoms with E-state index in [9.17, 15) is 19.1 Å². The number of fused-ring (bicyclic) bond motifs is 1. The SMILES string of the molecule is CN(c1nc(Cl)nn2c([C@@H]3O[C@H](COP(=O)(O)CP(=O)(O)O)[C@@H](O)[C@@H]3F)ccc12)C1CCCC1. The Morgan fingerprint density at radius 3 is 2.62 bits per heavy atom. The van der Waals surface area contributed by atoms with Crippen molar-refractivity contribution in [2.45, 2.75) is 56.2 Å². The molecule has 2 aromatic heterocycles. The zero-order valence-corrected chi connectivity index (χ0v) is 20.7. The number of aliphatic hydroxyl groups excluding tert-OH is 1. The molecule has 0 spiro atoms. The molecule has 1 aliphatic carbocycles. The van der Waals surface area contributed by atoms with Crippen molar-refractivity contribution >= 4 is 38.1 Å². The molecule has 1 aliphatic heterocycles. The number of anilines is 1. The van der Waals surface area contributed by atoms with Crippen LogP contribution in [0.15, 0.2) is 12.1 Å². The highest BCUT2D eigenvalue weighted by Gasteiger charge is 2.47. The molecule has 0 amide bonds. The van der Waals surface area contributed by atoms with Gasteiger partial charge in [-0.15, -0.1) is 5.10 Å². The number of aromatic nitrogens is 3. The molecular formula is C18H26ClFN4O8P2. The van der Waals surface area contributed by atoms with Gasteiger partial charge in [0.15, 0.2) is 17.9 Å². The molecule has 4 N–H and O–H groups in total. The lowest BCUT2D eigenvalue weighted by Crippen LogP contribution is -2.31. The van der Waals surface area contributed by atoms with Crippen molar-refractivity contribution < 1.29 is 42.6 Å². The lowest BCUT2D eigenvalue weighted by Gasteiger charge is -2.26. The summed E-state index contributed by atoms with van der Waals surface area (Å²) >= 11 is 6.16. The molecule has 2 fully saturated rings. The number of aliphatic hydroxyl groups is 1. The molecular weight excluding hydrogens is 517 g/mol. The lowest BCUT2D eigenvalue weighted by molar-refractivity contribution is -0.0199. The molecule has 0 aromatic carbocycles. The molecule has 2 aliphatic rings. The van der Waals surface area contributed by atoms with Gasteiger partial charge in [-0.05, 0) is 36.6 Å². The summed E-state index contributed by atoms with van der Waals surface area (Å²) in [4.78, 5) is 33.8. The van der Waals surface area contributed by atoms with E-state index in [0.29, 0.717) is 11.3 Å². The highest BCUT2D eigenvalue weighted by atomic mass is 35.5. The first-order chi connectivity index (χ1) is 15.9. The molecule has 12 nitrogen and oxygen atoms in total.